The molecule has 10 rings (SSSR count). The van der Waals surface area contributed by atoms with Gasteiger partial charge in [0.15, 0.2) is 0 Å². The summed E-state index contributed by atoms with van der Waals surface area (Å²) in [6, 6.07) is 63.2. The third-order valence-corrected chi connectivity index (χ3v) is 9.99. The van der Waals surface area contributed by atoms with Crippen LogP contribution in [0.1, 0.15) is 5.56 Å². The summed E-state index contributed by atoms with van der Waals surface area (Å²) in [6.45, 7) is 0. The summed E-state index contributed by atoms with van der Waals surface area (Å²) in [5.74, 6) is 0.588. The molecule has 0 radical (unpaired) electrons. The summed E-state index contributed by atoms with van der Waals surface area (Å²) in [6.07, 6.45) is 0. The summed E-state index contributed by atoms with van der Waals surface area (Å²) >= 11 is 0. The van der Waals surface area contributed by atoms with Crippen LogP contribution < -0.4 is 0 Å². The van der Waals surface area contributed by atoms with Crippen LogP contribution in [0.25, 0.3) is 88.9 Å². The van der Waals surface area contributed by atoms with Gasteiger partial charge in [-0.2, -0.15) is 5.26 Å². The molecule has 0 spiro atoms. The summed E-state index contributed by atoms with van der Waals surface area (Å²) < 4.78 is 4.53. The number of fused-ring (bicyclic) bond motifs is 6. The number of aromatic nitrogens is 4. The second kappa shape index (κ2) is 11.9. The van der Waals surface area contributed by atoms with Crippen molar-refractivity contribution in [2.45, 2.75) is 0 Å². The Hall–Kier alpha value is -7.29. The van der Waals surface area contributed by atoms with E-state index in [0.29, 0.717) is 11.5 Å². The van der Waals surface area contributed by atoms with E-state index in [1.54, 1.807) is 0 Å². The zero-order valence-corrected chi connectivity index (χ0v) is 28.0. The number of hydrogen-bond acceptors (Lipinski definition) is 3. The molecule has 0 bridgehead atoms. The number of benzene rings is 7. The Kier molecular flexibility index (Phi) is 6.80. The van der Waals surface area contributed by atoms with Gasteiger partial charge in [-0.05, 0) is 71.8 Å². The smallest absolute Gasteiger partial charge is 0.235 e. The monoisotopic (exact) mass is 663 g/mol. The molecule has 242 valence electrons. The third kappa shape index (κ3) is 4.78. The van der Waals surface area contributed by atoms with Gasteiger partial charge in [0.05, 0.1) is 45.1 Å². The largest absolute Gasteiger partial charge is 0.309 e. The van der Waals surface area contributed by atoms with Crippen LogP contribution in [-0.2, 0) is 0 Å². The molecule has 0 aliphatic rings. The average molecular weight is 664 g/mol. The minimum atomic E-state index is 0.588. The minimum Gasteiger partial charge on any atom is -0.309 e. The molecule has 10 aromatic rings. The zero-order chi connectivity index (χ0) is 34.6. The number of para-hydroxylation sites is 3. The van der Waals surface area contributed by atoms with E-state index in [4.69, 9.17) is 9.97 Å². The van der Waals surface area contributed by atoms with Gasteiger partial charge in [-0.15, -0.1) is 0 Å². The van der Waals surface area contributed by atoms with Crippen molar-refractivity contribution in [3.8, 4) is 51.3 Å². The van der Waals surface area contributed by atoms with E-state index >= 15 is 0 Å². The number of nitriles is 1. The molecule has 5 nitrogen and oxygen atoms in total. The van der Waals surface area contributed by atoms with Crippen LogP contribution in [0.3, 0.4) is 0 Å². The van der Waals surface area contributed by atoms with Gasteiger partial charge >= 0.3 is 0 Å². The molecular weight excluding hydrogens is 635 g/mol. The average Bonchev–Trinajstić information content (AvgIpc) is 3.73. The maximum atomic E-state index is 9.43. The highest BCUT2D eigenvalue weighted by molar-refractivity contribution is 6.12. The van der Waals surface area contributed by atoms with Crippen molar-refractivity contribution in [1.29, 1.82) is 5.26 Å². The first-order valence-electron chi connectivity index (χ1n) is 17.3. The first-order chi connectivity index (χ1) is 25.7. The molecule has 7 aromatic carbocycles. The summed E-state index contributed by atoms with van der Waals surface area (Å²) in [5.41, 5.74) is 12.0. The Balaban J connectivity index is 1.20. The third-order valence-electron chi connectivity index (χ3n) is 9.99. The fraction of sp³-hybridized carbons (Fsp3) is 0. The molecule has 0 fully saturated rings. The lowest BCUT2D eigenvalue weighted by Gasteiger charge is -2.12. The fourth-order valence-electron chi connectivity index (χ4n) is 7.53. The molecule has 0 amide bonds. The van der Waals surface area contributed by atoms with Gasteiger partial charge in [0.25, 0.3) is 0 Å². The van der Waals surface area contributed by atoms with E-state index in [0.717, 1.165) is 61.1 Å². The molecule has 0 unspecified atom stereocenters. The number of hydrogen-bond donors (Lipinski definition) is 0. The van der Waals surface area contributed by atoms with Gasteiger partial charge in [-0.25, -0.2) is 9.97 Å². The molecule has 0 aliphatic carbocycles. The Morgan fingerprint density at radius 2 is 0.904 bits per heavy atom. The SMILES string of the molecule is N#Cc1ccc(-c2cc(-c3ccccc3)nc(-n3c4ccccc4c4ccc(-c5ccc6c(c5)c5ccccc5n6-c5ccccc5)cc43)n2)cc1. The Labute approximate surface area is 299 Å². The topological polar surface area (TPSA) is 59.4 Å². The quantitative estimate of drug-likeness (QED) is 0.184. The maximum Gasteiger partial charge on any atom is 0.235 e. The van der Waals surface area contributed by atoms with E-state index in [1.165, 1.54) is 21.8 Å². The molecule has 5 heteroatoms. The summed E-state index contributed by atoms with van der Waals surface area (Å²) in [4.78, 5) is 10.4. The van der Waals surface area contributed by atoms with Gasteiger partial charge in [-0.1, -0.05) is 115 Å². The van der Waals surface area contributed by atoms with Crippen LogP contribution in [0.15, 0.2) is 176 Å². The van der Waals surface area contributed by atoms with Gasteiger partial charge < -0.3 is 4.57 Å². The highest BCUT2D eigenvalue weighted by atomic mass is 15.2. The molecule has 3 heterocycles. The van der Waals surface area contributed by atoms with Crippen molar-refractivity contribution >= 4 is 43.6 Å². The molecule has 52 heavy (non-hydrogen) atoms. The van der Waals surface area contributed by atoms with Crippen LogP contribution in [0.2, 0.25) is 0 Å². The van der Waals surface area contributed by atoms with Crippen molar-refractivity contribution < 1.29 is 0 Å². The molecule has 0 atom stereocenters. The van der Waals surface area contributed by atoms with E-state index in [9.17, 15) is 5.26 Å². The number of nitrogens with zero attached hydrogens (tertiary/aromatic N) is 5. The van der Waals surface area contributed by atoms with Crippen LogP contribution in [0.4, 0.5) is 0 Å². The molecular formula is C47H29N5. The van der Waals surface area contributed by atoms with Crippen LogP contribution in [0.5, 0.6) is 0 Å². The van der Waals surface area contributed by atoms with Crippen molar-refractivity contribution in [3.63, 3.8) is 0 Å². The predicted octanol–water partition coefficient (Wildman–Crippen LogP) is 11.5. The molecule has 3 aromatic heterocycles. The van der Waals surface area contributed by atoms with Crippen LogP contribution in [-0.4, -0.2) is 19.1 Å². The standard InChI is InChI=1S/C47H29N5/c48-30-31-19-21-33(22-20-31)42-29-41(32-11-3-1-4-12-32)49-47(50-42)52-44-18-10-7-15-37(44)39-25-23-35(28-46(39)52)34-24-26-45-40(27-34)38-16-8-9-17-43(38)51(45)36-13-5-2-6-14-36/h1-29H. The lowest BCUT2D eigenvalue weighted by Crippen LogP contribution is -2.04. The van der Waals surface area contributed by atoms with E-state index in [2.05, 4.69) is 143 Å². The fourth-order valence-corrected chi connectivity index (χ4v) is 7.53. The van der Waals surface area contributed by atoms with Crippen LogP contribution in [0, 0.1) is 11.3 Å². The molecule has 0 aliphatic heterocycles. The summed E-state index contributed by atoms with van der Waals surface area (Å²) in [5, 5.41) is 14.1. The lowest BCUT2D eigenvalue weighted by atomic mass is 10.0. The summed E-state index contributed by atoms with van der Waals surface area (Å²) in [7, 11) is 0. The first-order valence-corrected chi connectivity index (χ1v) is 17.3. The normalized spacial score (nSPS) is 11.4. The van der Waals surface area contributed by atoms with Gasteiger partial charge in [0, 0.05) is 38.4 Å². The maximum absolute atomic E-state index is 9.43. The van der Waals surface area contributed by atoms with Crippen molar-refractivity contribution in [1.82, 2.24) is 19.1 Å². The van der Waals surface area contributed by atoms with Gasteiger partial charge in [-0.3, -0.25) is 4.57 Å². The van der Waals surface area contributed by atoms with Crippen molar-refractivity contribution in [2.24, 2.45) is 0 Å². The van der Waals surface area contributed by atoms with Crippen LogP contribution >= 0.6 is 0 Å². The van der Waals surface area contributed by atoms with E-state index in [-0.39, 0.29) is 0 Å². The van der Waals surface area contributed by atoms with Gasteiger partial charge in [0.2, 0.25) is 5.95 Å². The highest BCUT2D eigenvalue weighted by Crippen LogP contribution is 2.38. The van der Waals surface area contributed by atoms with Crippen molar-refractivity contribution in [3.05, 3.63) is 181 Å². The predicted molar refractivity (Wildman–Crippen MR) is 212 cm³/mol. The molecule has 0 N–H and O–H groups in total. The Morgan fingerprint density at radius 3 is 1.62 bits per heavy atom. The highest BCUT2D eigenvalue weighted by Gasteiger charge is 2.19. The van der Waals surface area contributed by atoms with E-state index < -0.39 is 0 Å². The Bertz CT molecular complexity index is 3000. The Morgan fingerprint density at radius 1 is 0.385 bits per heavy atom. The lowest BCUT2D eigenvalue weighted by molar-refractivity contribution is 0.996. The molecule has 0 saturated heterocycles. The van der Waals surface area contributed by atoms with E-state index in [1.807, 2.05) is 48.5 Å². The first kappa shape index (κ1) is 29.6. The zero-order valence-electron chi connectivity index (χ0n) is 28.0. The minimum absolute atomic E-state index is 0.588. The van der Waals surface area contributed by atoms with Gasteiger partial charge in [0.1, 0.15) is 0 Å². The van der Waals surface area contributed by atoms with Crippen molar-refractivity contribution in [2.75, 3.05) is 0 Å². The second-order valence-electron chi connectivity index (χ2n) is 13.0. The number of rotatable bonds is 5. The molecule has 0 saturated carbocycles. The second-order valence-corrected chi connectivity index (χ2v) is 13.0.